The number of carbonyl (C=O) groups excluding carboxylic acids is 1. The monoisotopic (exact) mass is 374 g/mol. The van der Waals surface area contributed by atoms with Crippen molar-refractivity contribution in [3.05, 3.63) is 54.1 Å². The lowest BCUT2D eigenvalue weighted by atomic mass is 10.0. The van der Waals surface area contributed by atoms with E-state index in [2.05, 4.69) is 10.6 Å². The van der Waals surface area contributed by atoms with Gasteiger partial charge in [0.15, 0.2) is 9.84 Å². The molecule has 6 nitrogen and oxygen atoms in total. The molecule has 1 aliphatic rings. The predicted octanol–water partition coefficient (Wildman–Crippen LogP) is 3.37. The number of sulfone groups is 1. The fraction of sp³-hybridized carbons (Fsp3) is 0.316. The van der Waals surface area contributed by atoms with Crippen LogP contribution >= 0.6 is 0 Å². The molecule has 3 rings (SSSR count). The van der Waals surface area contributed by atoms with Crippen molar-refractivity contribution in [1.29, 1.82) is 0 Å². The lowest BCUT2D eigenvalue weighted by Gasteiger charge is -2.20. The van der Waals surface area contributed by atoms with Crippen LogP contribution in [0.2, 0.25) is 0 Å². The molecule has 1 atom stereocenters. The summed E-state index contributed by atoms with van der Waals surface area (Å²) in [6.45, 7) is 0. The Kier molecular flexibility index (Phi) is 5.18. The van der Waals surface area contributed by atoms with Gasteiger partial charge in [-0.3, -0.25) is 0 Å². The van der Waals surface area contributed by atoms with Gasteiger partial charge in [0.1, 0.15) is 5.75 Å². The maximum absolute atomic E-state index is 12.5. The predicted molar refractivity (Wildman–Crippen MR) is 100 cm³/mol. The van der Waals surface area contributed by atoms with Crippen molar-refractivity contribution in [3.8, 4) is 5.75 Å². The van der Waals surface area contributed by atoms with Crippen LogP contribution in [0, 0.1) is 5.92 Å². The van der Waals surface area contributed by atoms with Crippen molar-refractivity contribution in [1.82, 2.24) is 5.32 Å². The van der Waals surface area contributed by atoms with Crippen LogP contribution < -0.4 is 15.4 Å². The molecular weight excluding hydrogens is 352 g/mol. The number of carbonyl (C=O) groups is 1. The molecule has 0 heterocycles. The molecule has 1 fully saturated rings. The summed E-state index contributed by atoms with van der Waals surface area (Å²) in [5.74, 6) is 1.15. The summed E-state index contributed by atoms with van der Waals surface area (Å²) >= 11 is 0. The first-order valence-corrected chi connectivity index (χ1v) is 10.3. The average molecular weight is 374 g/mol. The maximum Gasteiger partial charge on any atom is 0.319 e. The Labute approximate surface area is 153 Å². The standard InChI is InChI=1S/C19H22N2O4S/c1-25-15-11-9-14(10-12-15)18(13-7-8-13)21-19(22)20-16-5-3-4-6-17(16)26(2,23)24/h3-6,9-13,18H,7-8H2,1-2H3,(H2,20,21,22)/t18-/m0/s1. The minimum atomic E-state index is -3.43. The second-order valence-corrected chi connectivity index (χ2v) is 8.44. The van der Waals surface area contributed by atoms with Gasteiger partial charge in [0.05, 0.1) is 23.7 Å². The van der Waals surface area contributed by atoms with Crippen LogP contribution in [0.4, 0.5) is 10.5 Å². The van der Waals surface area contributed by atoms with E-state index in [0.717, 1.165) is 30.4 Å². The van der Waals surface area contributed by atoms with Crippen molar-refractivity contribution < 1.29 is 17.9 Å². The maximum atomic E-state index is 12.5. The minimum absolute atomic E-state index is 0.0996. The Morgan fingerprint density at radius 3 is 2.35 bits per heavy atom. The van der Waals surface area contributed by atoms with Crippen LogP contribution in [0.25, 0.3) is 0 Å². The van der Waals surface area contributed by atoms with Crippen LogP contribution in [0.5, 0.6) is 5.75 Å². The van der Waals surface area contributed by atoms with Gasteiger partial charge in [-0.15, -0.1) is 0 Å². The Morgan fingerprint density at radius 2 is 1.77 bits per heavy atom. The molecule has 0 aliphatic heterocycles. The Morgan fingerprint density at radius 1 is 1.12 bits per heavy atom. The van der Waals surface area contributed by atoms with Crippen LogP contribution in [0.15, 0.2) is 53.4 Å². The third kappa shape index (κ3) is 4.35. The Bertz CT molecular complexity index is 890. The first kappa shape index (κ1) is 18.3. The van der Waals surface area contributed by atoms with E-state index in [4.69, 9.17) is 4.74 Å². The molecule has 0 radical (unpaired) electrons. The summed E-state index contributed by atoms with van der Waals surface area (Å²) in [5, 5.41) is 5.64. The topological polar surface area (TPSA) is 84.5 Å². The normalized spacial score (nSPS) is 15.2. The Balaban J connectivity index is 1.75. The third-order valence-electron chi connectivity index (χ3n) is 4.39. The highest BCUT2D eigenvalue weighted by Gasteiger charge is 2.33. The second-order valence-electron chi connectivity index (χ2n) is 6.46. The molecule has 26 heavy (non-hydrogen) atoms. The fourth-order valence-corrected chi connectivity index (χ4v) is 3.75. The summed E-state index contributed by atoms with van der Waals surface area (Å²) in [7, 11) is -1.82. The van der Waals surface area contributed by atoms with Gasteiger partial charge < -0.3 is 15.4 Å². The van der Waals surface area contributed by atoms with E-state index in [1.165, 1.54) is 6.07 Å². The van der Waals surface area contributed by atoms with Crippen molar-refractivity contribution >= 4 is 21.6 Å². The number of hydrogen-bond acceptors (Lipinski definition) is 4. The SMILES string of the molecule is COc1ccc([C@@H](NC(=O)Nc2ccccc2S(C)(=O)=O)C2CC2)cc1. The van der Waals surface area contributed by atoms with Crippen LogP contribution in [0.1, 0.15) is 24.4 Å². The largest absolute Gasteiger partial charge is 0.497 e. The highest BCUT2D eigenvalue weighted by atomic mass is 32.2. The lowest BCUT2D eigenvalue weighted by molar-refractivity contribution is 0.247. The number of anilines is 1. The van der Waals surface area contributed by atoms with Crippen molar-refractivity contribution in [2.75, 3.05) is 18.7 Å². The molecule has 0 aromatic heterocycles. The zero-order chi connectivity index (χ0) is 18.7. The Hall–Kier alpha value is -2.54. The second kappa shape index (κ2) is 7.37. The number of methoxy groups -OCH3 is 1. The number of benzene rings is 2. The number of amides is 2. The highest BCUT2D eigenvalue weighted by Crippen LogP contribution is 2.41. The van der Waals surface area contributed by atoms with E-state index in [1.54, 1.807) is 25.3 Å². The first-order chi connectivity index (χ1) is 12.4. The average Bonchev–Trinajstić information content (AvgIpc) is 3.44. The van der Waals surface area contributed by atoms with E-state index < -0.39 is 15.9 Å². The van der Waals surface area contributed by atoms with Crippen LogP contribution in [0.3, 0.4) is 0 Å². The first-order valence-electron chi connectivity index (χ1n) is 8.39. The summed E-state index contributed by atoms with van der Waals surface area (Å²) in [5.41, 5.74) is 1.27. The molecule has 7 heteroatoms. The van der Waals surface area contributed by atoms with Crippen LogP contribution in [-0.4, -0.2) is 27.8 Å². The number of ether oxygens (including phenoxy) is 1. The molecular formula is C19H22N2O4S. The molecule has 2 N–H and O–H groups in total. The van der Waals surface area contributed by atoms with Gasteiger partial charge in [0, 0.05) is 6.26 Å². The van der Waals surface area contributed by atoms with E-state index >= 15 is 0 Å². The number of hydrogen-bond donors (Lipinski definition) is 2. The highest BCUT2D eigenvalue weighted by molar-refractivity contribution is 7.90. The molecule has 1 aliphatic carbocycles. The quantitative estimate of drug-likeness (QED) is 0.812. The zero-order valence-electron chi connectivity index (χ0n) is 14.7. The molecule has 2 aromatic rings. The molecule has 138 valence electrons. The van der Waals surface area contributed by atoms with Gasteiger partial charge in [0.2, 0.25) is 0 Å². The molecule has 0 saturated heterocycles. The summed E-state index contributed by atoms with van der Waals surface area (Å²) in [6.07, 6.45) is 3.23. The van der Waals surface area contributed by atoms with E-state index in [-0.39, 0.29) is 16.6 Å². The van der Waals surface area contributed by atoms with Gasteiger partial charge in [-0.05, 0) is 48.6 Å². The fourth-order valence-electron chi connectivity index (χ4n) is 2.91. The van der Waals surface area contributed by atoms with Crippen molar-refractivity contribution in [2.24, 2.45) is 5.92 Å². The molecule has 2 aromatic carbocycles. The molecule has 1 saturated carbocycles. The number of nitrogens with one attached hydrogen (secondary N) is 2. The van der Waals surface area contributed by atoms with Gasteiger partial charge in [-0.1, -0.05) is 24.3 Å². The van der Waals surface area contributed by atoms with E-state index in [0.29, 0.717) is 5.92 Å². The van der Waals surface area contributed by atoms with Gasteiger partial charge in [-0.2, -0.15) is 0 Å². The van der Waals surface area contributed by atoms with Gasteiger partial charge in [0.25, 0.3) is 0 Å². The van der Waals surface area contributed by atoms with Crippen molar-refractivity contribution in [3.63, 3.8) is 0 Å². The van der Waals surface area contributed by atoms with Gasteiger partial charge >= 0.3 is 6.03 Å². The minimum Gasteiger partial charge on any atom is -0.497 e. The lowest BCUT2D eigenvalue weighted by Crippen LogP contribution is -2.34. The smallest absolute Gasteiger partial charge is 0.319 e. The summed E-state index contributed by atoms with van der Waals surface area (Å²) in [6, 6.07) is 13.4. The molecule has 0 spiro atoms. The number of rotatable bonds is 6. The van der Waals surface area contributed by atoms with E-state index in [9.17, 15) is 13.2 Å². The van der Waals surface area contributed by atoms with Gasteiger partial charge in [-0.25, -0.2) is 13.2 Å². The molecule has 0 bridgehead atoms. The molecule has 2 amide bonds. The third-order valence-corrected chi connectivity index (χ3v) is 5.54. The summed E-state index contributed by atoms with van der Waals surface area (Å²) < 4.78 is 28.9. The van der Waals surface area contributed by atoms with E-state index in [1.807, 2.05) is 24.3 Å². The van der Waals surface area contributed by atoms with Crippen LogP contribution in [-0.2, 0) is 9.84 Å². The zero-order valence-corrected chi connectivity index (χ0v) is 15.5. The number of urea groups is 1. The van der Waals surface area contributed by atoms with Crippen molar-refractivity contribution in [2.45, 2.75) is 23.8 Å². The summed E-state index contributed by atoms with van der Waals surface area (Å²) in [4.78, 5) is 12.6. The number of para-hydroxylation sites is 1. The molecule has 0 unspecified atom stereocenters.